The van der Waals surface area contributed by atoms with Crippen LogP contribution < -0.4 is 5.73 Å². The van der Waals surface area contributed by atoms with Gasteiger partial charge in [-0.1, -0.05) is 26.7 Å². The van der Waals surface area contributed by atoms with Crippen molar-refractivity contribution in [1.29, 1.82) is 0 Å². The van der Waals surface area contributed by atoms with E-state index in [0.29, 0.717) is 22.3 Å². The minimum absolute atomic E-state index is 0.507. The predicted molar refractivity (Wildman–Crippen MR) is 75.2 cm³/mol. The fourth-order valence-electron chi connectivity index (χ4n) is 6.91. The fraction of sp³-hybridized carbons (Fsp3) is 1.00. The van der Waals surface area contributed by atoms with Crippen LogP contribution in [0.3, 0.4) is 0 Å². The minimum atomic E-state index is 0.507. The summed E-state index contributed by atoms with van der Waals surface area (Å²) >= 11 is 0. The van der Waals surface area contributed by atoms with Gasteiger partial charge in [-0.25, -0.2) is 0 Å². The summed E-state index contributed by atoms with van der Waals surface area (Å²) in [4.78, 5) is 0. The second-order valence-electron chi connectivity index (χ2n) is 9.28. The van der Waals surface area contributed by atoms with Crippen LogP contribution in [0.5, 0.6) is 0 Å². The van der Waals surface area contributed by atoms with Crippen LogP contribution in [-0.4, -0.2) is 6.04 Å². The average molecular weight is 247 g/mol. The van der Waals surface area contributed by atoms with Gasteiger partial charge in [0.1, 0.15) is 0 Å². The van der Waals surface area contributed by atoms with Crippen LogP contribution in [-0.2, 0) is 0 Å². The molecule has 5 aliphatic carbocycles. The highest BCUT2D eigenvalue weighted by molar-refractivity contribution is 5.13. The van der Waals surface area contributed by atoms with Gasteiger partial charge in [0.15, 0.2) is 0 Å². The van der Waals surface area contributed by atoms with Crippen LogP contribution in [0.4, 0.5) is 0 Å². The summed E-state index contributed by atoms with van der Waals surface area (Å²) in [7, 11) is 0. The number of hydrogen-bond donors (Lipinski definition) is 1. The molecule has 0 heterocycles. The molecule has 3 unspecified atom stereocenters. The van der Waals surface area contributed by atoms with E-state index in [1.807, 2.05) is 0 Å². The van der Waals surface area contributed by atoms with Crippen LogP contribution in [0.1, 0.15) is 71.6 Å². The van der Waals surface area contributed by atoms with E-state index in [4.69, 9.17) is 5.73 Å². The molecule has 102 valence electrons. The highest BCUT2D eigenvalue weighted by Gasteiger charge is 2.61. The third kappa shape index (κ3) is 1.69. The Morgan fingerprint density at radius 3 is 2.11 bits per heavy atom. The van der Waals surface area contributed by atoms with E-state index in [2.05, 4.69) is 13.8 Å². The molecule has 0 radical (unpaired) electrons. The lowest BCUT2D eigenvalue weighted by molar-refractivity contribution is -0.154. The Bertz CT molecular complexity index is 352. The molecule has 3 atom stereocenters. The molecule has 5 rings (SSSR count). The van der Waals surface area contributed by atoms with Gasteiger partial charge in [-0.15, -0.1) is 0 Å². The summed E-state index contributed by atoms with van der Waals surface area (Å²) in [6.45, 7) is 5.13. The molecule has 5 saturated carbocycles. The maximum atomic E-state index is 6.73. The normalized spacial score (nSPS) is 55.8. The Morgan fingerprint density at radius 1 is 1.00 bits per heavy atom. The van der Waals surface area contributed by atoms with E-state index in [1.54, 1.807) is 0 Å². The summed E-state index contributed by atoms with van der Waals surface area (Å²) < 4.78 is 0. The largest absolute Gasteiger partial charge is 0.327 e. The zero-order chi connectivity index (χ0) is 12.6. The first-order valence-corrected chi connectivity index (χ1v) is 8.16. The lowest BCUT2D eigenvalue weighted by Gasteiger charge is -2.67. The molecule has 1 nitrogen and oxygen atoms in total. The van der Waals surface area contributed by atoms with Crippen molar-refractivity contribution in [2.45, 2.75) is 77.7 Å². The molecule has 0 aromatic rings. The molecular weight excluding hydrogens is 218 g/mol. The SMILES string of the molecule is CC12CC3CC(C)(C1)CC(C(N)CC1CC1)(C3)C2. The van der Waals surface area contributed by atoms with Gasteiger partial charge in [0.2, 0.25) is 0 Å². The van der Waals surface area contributed by atoms with Crippen molar-refractivity contribution in [1.82, 2.24) is 0 Å². The second-order valence-corrected chi connectivity index (χ2v) is 9.28. The third-order valence-electron chi connectivity index (χ3n) is 6.74. The van der Waals surface area contributed by atoms with Crippen molar-refractivity contribution in [3.63, 3.8) is 0 Å². The quantitative estimate of drug-likeness (QED) is 0.798. The average Bonchev–Trinajstić information content (AvgIpc) is 2.95. The lowest BCUT2D eigenvalue weighted by Crippen LogP contribution is -2.60. The molecule has 0 spiro atoms. The van der Waals surface area contributed by atoms with Gasteiger partial charge in [-0.05, 0) is 73.0 Å². The predicted octanol–water partition coefficient (Wildman–Crippen LogP) is 4.11. The maximum absolute atomic E-state index is 6.73. The van der Waals surface area contributed by atoms with E-state index in [-0.39, 0.29) is 0 Å². The van der Waals surface area contributed by atoms with Gasteiger partial charge in [0.25, 0.3) is 0 Å². The van der Waals surface area contributed by atoms with Crippen molar-refractivity contribution < 1.29 is 0 Å². The Morgan fingerprint density at radius 2 is 1.61 bits per heavy atom. The van der Waals surface area contributed by atoms with Gasteiger partial charge in [-0.2, -0.15) is 0 Å². The Kier molecular flexibility index (Phi) is 2.18. The van der Waals surface area contributed by atoms with Crippen LogP contribution in [0.15, 0.2) is 0 Å². The topological polar surface area (TPSA) is 26.0 Å². The molecule has 0 aromatic carbocycles. The number of nitrogens with two attached hydrogens (primary N) is 1. The van der Waals surface area contributed by atoms with Crippen LogP contribution in [0, 0.1) is 28.1 Å². The van der Waals surface area contributed by atoms with Crippen molar-refractivity contribution in [2.75, 3.05) is 0 Å². The van der Waals surface area contributed by atoms with Crippen LogP contribution in [0.2, 0.25) is 0 Å². The molecule has 1 heteroatoms. The van der Waals surface area contributed by atoms with E-state index in [0.717, 1.165) is 11.8 Å². The van der Waals surface area contributed by atoms with Gasteiger partial charge >= 0.3 is 0 Å². The number of rotatable bonds is 3. The molecular formula is C17H29N. The Labute approximate surface area is 112 Å². The Hall–Kier alpha value is -0.0400. The van der Waals surface area contributed by atoms with Crippen molar-refractivity contribution in [3.8, 4) is 0 Å². The van der Waals surface area contributed by atoms with Crippen molar-refractivity contribution in [2.24, 2.45) is 33.8 Å². The molecule has 5 fully saturated rings. The third-order valence-corrected chi connectivity index (χ3v) is 6.74. The van der Waals surface area contributed by atoms with Gasteiger partial charge in [0, 0.05) is 6.04 Å². The van der Waals surface area contributed by atoms with E-state index < -0.39 is 0 Å². The van der Waals surface area contributed by atoms with Gasteiger partial charge in [0.05, 0.1) is 0 Å². The van der Waals surface area contributed by atoms with E-state index in [1.165, 1.54) is 57.8 Å². The molecule has 2 N–H and O–H groups in total. The summed E-state index contributed by atoms with van der Waals surface area (Å²) in [5, 5.41) is 0. The first-order valence-electron chi connectivity index (χ1n) is 8.16. The maximum Gasteiger partial charge on any atom is 0.00987 e. The van der Waals surface area contributed by atoms with Gasteiger partial charge < -0.3 is 5.73 Å². The minimum Gasteiger partial charge on any atom is -0.327 e. The molecule has 5 aliphatic rings. The molecule has 0 aromatic heterocycles. The zero-order valence-corrected chi connectivity index (χ0v) is 12.2. The first-order chi connectivity index (χ1) is 8.41. The standard InChI is InChI=1S/C17H29N/c1-15-6-13-7-16(2,9-15)11-17(8-13,10-15)14(18)5-12-3-4-12/h12-14H,3-11,18H2,1-2H3. The highest BCUT2D eigenvalue weighted by atomic mass is 14.8. The summed E-state index contributed by atoms with van der Waals surface area (Å²) in [6, 6.07) is 0.507. The van der Waals surface area contributed by atoms with Crippen LogP contribution in [0.25, 0.3) is 0 Å². The number of hydrogen-bond acceptors (Lipinski definition) is 1. The lowest BCUT2D eigenvalue weighted by atomic mass is 9.39. The summed E-state index contributed by atoms with van der Waals surface area (Å²) in [5.74, 6) is 2.00. The monoisotopic (exact) mass is 247 g/mol. The fourth-order valence-corrected chi connectivity index (χ4v) is 6.91. The highest BCUT2D eigenvalue weighted by Crippen LogP contribution is 2.70. The smallest absolute Gasteiger partial charge is 0.00987 e. The molecule has 0 aliphatic heterocycles. The molecule has 4 bridgehead atoms. The zero-order valence-electron chi connectivity index (χ0n) is 12.2. The molecule has 18 heavy (non-hydrogen) atoms. The summed E-state index contributed by atoms with van der Waals surface area (Å²) in [6.07, 6.45) is 13.1. The Balaban J connectivity index is 1.64. The first kappa shape index (κ1) is 11.8. The molecule has 0 saturated heterocycles. The van der Waals surface area contributed by atoms with E-state index in [9.17, 15) is 0 Å². The van der Waals surface area contributed by atoms with Crippen LogP contribution >= 0.6 is 0 Å². The second kappa shape index (κ2) is 3.34. The molecule has 0 amide bonds. The van der Waals surface area contributed by atoms with Crippen molar-refractivity contribution >= 4 is 0 Å². The van der Waals surface area contributed by atoms with Gasteiger partial charge in [-0.3, -0.25) is 0 Å². The van der Waals surface area contributed by atoms with E-state index >= 15 is 0 Å². The summed E-state index contributed by atoms with van der Waals surface area (Å²) in [5.41, 5.74) is 8.53. The van der Waals surface area contributed by atoms with Crippen molar-refractivity contribution in [3.05, 3.63) is 0 Å².